The molecule has 1 unspecified atom stereocenters. The average Bonchev–Trinajstić information content (AvgIpc) is 2.98. The van der Waals surface area contributed by atoms with Crippen molar-refractivity contribution in [1.82, 2.24) is 10.2 Å². The summed E-state index contributed by atoms with van der Waals surface area (Å²) in [6, 6.07) is 20.3. The van der Waals surface area contributed by atoms with Crippen molar-refractivity contribution >= 4 is 39.1 Å². The number of halogens is 1. The summed E-state index contributed by atoms with van der Waals surface area (Å²) in [5, 5.41) is 3.56. The highest BCUT2D eigenvalue weighted by atomic mass is 35.5. The molecule has 0 saturated heterocycles. The molecule has 1 aliphatic rings. The molecular formula is C33H40ClN3O4S. The zero-order chi connectivity index (χ0) is 30.3. The number of sulfonamides is 1. The number of benzene rings is 3. The maximum atomic E-state index is 14.3. The molecular weight excluding hydrogens is 570 g/mol. The Morgan fingerprint density at radius 3 is 2.24 bits per heavy atom. The van der Waals surface area contributed by atoms with Gasteiger partial charge in [0.05, 0.1) is 10.6 Å². The fraction of sp³-hybridized carbons (Fsp3) is 0.394. The van der Waals surface area contributed by atoms with Gasteiger partial charge in [-0.15, -0.1) is 0 Å². The Bertz CT molecular complexity index is 1470. The quantitative estimate of drug-likeness (QED) is 0.272. The van der Waals surface area contributed by atoms with Crippen LogP contribution in [-0.4, -0.2) is 43.8 Å². The van der Waals surface area contributed by atoms with Gasteiger partial charge in [-0.05, 0) is 68.5 Å². The van der Waals surface area contributed by atoms with Crippen LogP contribution >= 0.6 is 11.6 Å². The molecule has 1 saturated carbocycles. The molecule has 0 aromatic heterocycles. The highest BCUT2D eigenvalue weighted by molar-refractivity contribution is 7.92. The molecule has 1 aliphatic carbocycles. The predicted octanol–water partition coefficient (Wildman–Crippen LogP) is 6.41. The number of amides is 2. The standard InChI is InChI=1S/C33H40ClN3O4S/c1-4-30(33(39)35-27-14-9-6-10-15-27)36(22-26-12-7-5-8-13-26)32(38)23-37(31-17-11-16-29(34)25(31)3)42(40,41)28-20-18-24(2)19-21-28/h5,7-8,11-13,16-21,27,30H,4,6,9-10,14-15,22-23H2,1-3H3,(H,35,39). The maximum Gasteiger partial charge on any atom is 0.264 e. The molecule has 2 amide bonds. The molecule has 0 heterocycles. The van der Waals surface area contributed by atoms with Crippen molar-refractivity contribution < 1.29 is 18.0 Å². The third kappa shape index (κ3) is 7.53. The Morgan fingerprint density at radius 2 is 1.60 bits per heavy atom. The third-order valence-corrected chi connectivity index (χ3v) is 10.1. The summed E-state index contributed by atoms with van der Waals surface area (Å²) in [6.45, 7) is 5.16. The van der Waals surface area contributed by atoms with E-state index in [9.17, 15) is 18.0 Å². The van der Waals surface area contributed by atoms with Gasteiger partial charge in [0.1, 0.15) is 12.6 Å². The van der Waals surface area contributed by atoms with E-state index in [0.717, 1.165) is 47.5 Å². The van der Waals surface area contributed by atoms with Crippen LogP contribution in [0.5, 0.6) is 0 Å². The summed E-state index contributed by atoms with van der Waals surface area (Å²) in [6.07, 6.45) is 5.53. The Balaban J connectivity index is 1.72. The summed E-state index contributed by atoms with van der Waals surface area (Å²) in [7, 11) is -4.16. The first kappa shape index (κ1) is 31.6. The minimum absolute atomic E-state index is 0.0666. The van der Waals surface area contributed by atoms with Crippen LogP contribution in [0, 0.1) is 13.8 Å². The lowest BCUT2D eigenvalue weighted by Crippen LogP contribution is -2.54. The first-order valence-corrected chi connectivity index (χ1v) is 16.4. The van der Waals surface area contributed by atoms with Crippen molar-refractivity contribution in [3.63, 3.8) is 0 Å². The van der Waals surface area contributed by atoms with Gasteiger partial charge in [-0.1, -0.05) is 91.9 Å². The Morgan fingerprint density at radius 1 is 0.929 bits per heavy atom. The zero-order valence-electron chi connectivity index (χ0n) is 24.6. The van der Waals surface area contributed by atoms with Gasteiger partial charge >= 0.3 is 0 Å². The van der Waals surface area contributed by atoms with Crippen LogP contribution < -0.4 is 9.62 Å². The van der Waals surface area contributed by atoms with Gasteiger partial charge in [-0.2, -0.15) is 0 Å². The fourth-order valence-corrected chi connectivity index (χ4v) is 7.10. The van der Waals surface area contributed by atoms with Crippen LogP contribution in [0.1, 0.15) is 62.1 Å². The van der Waals surface area contributed by atoms with Crippen LogP contribution in [0.4, 0.5) is 5.69 Å². The number of aryl methyl sites for hydroxylation is 1. The summed E-state index contributed by atoms with van der Waals surface area (Å²) >= 11 is 6.42. The second-order valence-corrected chi connectivity index (χ2v) is 13.3. The number of nitrogens with one attached hydrogen (secondary N) is 1. The Hall–Kier alpha value is -3.36. The first-order chi connectivity index (χ1) is 20.1. The largest absolute Gasteiger partial charge is 0.352 e. The lowest BCUT2D eigenvalue weighted by Gasteiger charge is -2.34. The van der Waals surface area contributed by atoms with Crippen molar-refractivity contribution in [1.29, 1.82) is 0 Å². The van der Waals surface area contributed by atoms with Gasteiger partial charge in [0, 0.05) is 17.6 Å². The first-order valence-electron chi connectivity index (χ1n) is 14.6. The van der Waals surface area contributed by atoms with Crippen LogP contribution in [0.2, 0.25) is 5.02 Å². The number of nitrogens with zero attached hydrogens (tertiary/aromatic N) is 2. The third-order valence-electron chi connectivity index (χ3n) is 7.93. The lowest BCUT2D eigenvalue weighted by atomic mass is 9.95. The molecule has 0 aliphatic heterocycles. The average molecular weight is 610 g/mol. The van der Waals surface area contributed by atoms with Gasteiger partial charge in [-0.25, -0.2) is 8.42 Å². The number of anilines is 1. The van der Waals surface area contributed by atoms with E-state index >= 15 is 0 Å². The Labute approximate surface area is 254 Å². The topological polar surface area (TPSA) is 86.8 Å². The predicted molar refractivity (Wildman–Crippen MR) is 168 cm³/mol. The van der Waals surface area contributed by atoms with Crippen LogP contribution in [-0.2, 0) is 26.2 Å². The van der Waals surface area contributed by atoms with Gasteiger partial charge < -0.3 is 10.2 Å². The van der Waals surface area contributed by atoms with Gasteiger partial charge in [0.2, 0.25) is 11.8 Å². The second-order valence-electron chi connectivity index (χ2n) is 11.0. The monoisotopic (exact) mass is 609 g/mol. The fourth-order valence-electron chi connectivity index (χ4n) is 5.46. The van der Waals surface area contributed by atoms with Crippen molar-refractivity contribution in [2.24, 2.45) is 0 Å². The minimum atomic E-state index is -4.16. The highest BCUT2D eigenvalue weighted by Gasteiger charge is 2.35. The number of carbonyl (C=O) groups is 2. The molecule has 0 radical (unpaired) electrons. The van der Waals surface area contributed by atoms with Crippen molar-refractivity contribution in [2.75, 3.05) is 10.8 Å². The van der Waals surface area contributed by atoms with Crippen molar-refractivity contribution in [2.45, 2.75) is 82.8 Å². The molecule has 224 valence electrons. The molecule has 3 aromatic rings. The lowest BCUT2D eigenvalue weighted by molar-refractivity contribution is -0.140. The maximum absolute atomic E-state index is 14.3. The molecule has 7 nitrogen and oxygen atoms in total. The SMILES string of the molecule is CCC(C(=O)NC1CCCCC1)N(Cc1ccccc1)C(=O)CN(c1cccc(Cl)c1C)S(=O)(=O)c1ccc(C)cc1. The van der Waals surface area contributed by atoms with E-state index in [1.807, 2.05) is 44.2 Å². The van der Waals surface area contributed by atoms with E-state index in [2.05, 4.69) is 5.32 Å². The molecule has 0 spiro atoms. The van der Waals surface area contributed by atoms with Gasteiger partial charge in [-0.3, -0.25) is 13.9 Å². The van der Waals surface area contributed by atoms with Crippen LogP contribution in [0.15, 0.2) is 77.7 Å². The Kier molecular flexibility index (Phi) is 10.7. The number of carbonyl (C=O) groups excluding carboxylic acids is 2. The normalized spacial score (nSPS) is 14.7. The van der Waals surface area contributed by atoms with Crippen molar-refractivity contribution in [3.8, 4) is 0 Å². The molecule has 1 atom stereocenters. The zero-order valence-corrected chi connectivity index (χ0v) is 26.1. The summed E-state index contributed by atoms with van der Waals surface area (Å²) in [4.78, 5) is 29.5. The molecule has 4 rings (SSSR count). The molecule has 42 heavy (non-hydrogen) atoms. The van der Waals surface area contributed by atoms with E-state index in [4.69, 9.17) is 11.6 Å². The number of hydrogen-bond donors (Lipinski definition) is 1. The van der Waals surface area contributed by atoms with Gasteiger partial charge in [0.15, 0.2) is 0 Å². The van der Waals surface area contributed by atoms with E-state index in [1.165, 1.54) is 17.0 Å². The van der Waals surface area contributed by atoms with E-state index in [1.54, 1.807) is 37.3 Å². The molecule has 1 fully saturated rings. The highest BCUT2D eigenvalue weighted by Crippen LogP contribution is 2.31. The second kappa shape index (κ2) is 14.2. The van der Waals surface area contributed by atoms with Crippen molar-refractivity contribution in [3.05, 3.63) is 94.5 Å². The van der Waals surface area contributed by atoms with E-state index in [-0.39, 0.29) is 23.4 Å². The minimum Gasteiger partial charge on any atom is -0.352 e. The van der Waals surface area contributed by atoms with E-state index < -0.39 is 28.5 Å². The summed E-state index contributed by atoms with van der Waals surface area (Å²) in [5.41, 5.74) is 2.62. The number of rotatable bonds is 11. The van der Waals surface area contributed by atoms with Crippen LogP contribution in [0.25, 0.3) is 0 Å². The molecule has 3 aromatic carbocycles. The van der Waals surface area contributed by atoms with Gasteiger partial charge in [0.25, 0.3) is 10.0 Å². The smallest absolute Gasteiger partial charge is 0.264 e. The van der Waals surface area contributed by atoms with Crippen LogP contribution in [0.3, 0.4) is 0 Å². The number of hydrogen-bond acceptors (Lipinski definition) is 4. The summed E-state index contributed by atoms with van der Waals surface area (Å²) < 4.78 is 29.3. The summed E-state index contributed by atoms with van der Waals surface area (Å²) in [5.74, 6) is -0.680. The molecule has 9 heteroatoms. The molecule has 1 N–H and O–H groups in total. The molecule has 0 bridgehead atoms. The van der Waals surface area contributed by atoms with E-state index in [0.29, 0.717) is 22.7 Å².